The number of pyridine rings is 1. The van der Waals surface area contributed by atoms with Gasteiger partial charge in [-0.2, -0.15) is 13.2 Å². The molecule has 3 aliphatic rings. The summed E-state index contributed by atoms with van der Waals surface area (Å²) in [5.41, 5.74) is -1.11. The first-order chi connectivity index (χ1) is 18.5. The number of nitrogens with zero attached hydrogens (tertiary/aromatic N) is 2. The van der Waals surface area contributed by atoms with Gasteiger partial charge in [-0.05, 0) is 62.8 Å². The standard InChI is InChI=1S/C28H33F3N4O4/c1-39-23-6-5-20(15-32-23)27(38)9-7-21(8-10-27)34-22-14-26(22)11-12-35(17-26)24(36)16-33-25(37)18-3-2-4-19(13-18)28(29,30)31/h2-6,13,15,21-22,34,38H,7-12,14,16-17H2,1H3,(H,33,37)/t21?,22-,26-,27?/m1/s1. The van der Waals surface area contributed by atoms with E-state index in [1.54, 1.807) is 24.3 Å². The van der Waals surface area contributed by atoms with Crippen LogP contribution < -0.4 is 15.4 Å². The van der Waals surface area contributed by atoms with Crippen molar-refractivity contribution < 1.29 is 32.6 Å². The summed E-state index contributed by atoms with van der Waals surface area (Å²) in [5, 5.41) is 17.3. The lowest BCUT2D eigenvalue weighted by atomic mass is 9.78. The Labute approximate surface area is 224 Å². The van der Waals surface area contributed by atoms with Gasteiger partial charge in [0, 0.05) is 54.0 Å². The number of halogens is 3. The lowest BCUT2D eigenvalue weighted by Crippen LogP contribution is -2.42. The van der Waals surface area contributed by atoms with Crippen LogP contribution in [0.5, 0.6) is 5.88 Å². The molecule has 39 heavy (non-hydrogen) atoms. The number of alkyl halides is 3. The topological polar surface area (TPSA) is 104 Å². The third-order valence-electron chi connectivity index (χ3n) is 8.51. The Bertz CT molecular complexity index is 1210. The van der Waals surface area contributed by atoms with Crippen LogP contribution in [0.15, 0.2) is 42.6 Å². The summed E-state index contributed by atoms with van der Waals surface area (Å²) in [4.78, 5) is 31.0. The van der Waals surface area contributed by atoms with E-state index in [9.17, 15) is 27.9 Å². The van der Waals surface area contributed by atoms with E-state index in [0.717, 1.165) is 43.4 Å². The van der Waals surface area contributed by atoms with Gasteiger partial charge in [0.15, 0.2) is 0 Å². The molecule has 1 aromatic carbocycles. The van der Waals surface area contributed by atoms with Gasteiger partial charge in [-0.3, -0.25) is 9.59 Å². The van der Waals surface area contributed by atoms with Crippen LogP contribution in [-0.2, 0) is 16.6 Å². The third kappa shape index (κ3) is 5.89. The summed E-state index contributed by atoms with van der Waals surface area (Å²) < 4.78 is 43.9. The number of rotatable bonds is 7. The van der Waals surface area contributed by atoms with Crippen molar-refractivity contribution in [3.05, 3.63) is 59.3 Å². The molecule has 2 amide bonds. The maximum atomic E-state index is 12.9. The molecule has 11 heteroatoms. The number of amides is 2. The normalized spacial score (nSPS) is 28.4. The highest BCUT2D eigenvalue weighted by atomic mass is 19.4. The first-order valence-corrected chi connectivity index (χ1v) is 13.2. The zero-order valence-electron chi connectivity index (χ0n) is 21.8. The summed E-state index contributed by atoms with van der Waals surface area (Å²) >= 11 is 0. The molecular formula is C28H33F3N4O4. The van der Waals surface area contributed by atoms with Crippen molar-refractivity contribution in [3.8, 4) is 5.88 Å². The van der Waals surface area contributed by atoms with Gasteiger partial charge in [0.2, 0.25) is 11.8 Å². The first-order valence-electron chi connectivity index (χ1n) is 13.2. The molecule has 2 aromatic rings. The van der Waals surface area contributed by atoms with Crippen molar-refractivity contribution in [3.63, 3.8) is 0 Å². The molecule has 2 saturated carbocycles. The number of carbonyl (C=O) groups excluding carboxylic acids is 2. The molecule has 8 nitrogen and oxygen atoms in total. The average molecular weight is 547 g/mol. The minimum absolute atomic E-state index is 0.0222. The highest BCUT2D eigenvalue weighted by molar-refractivity contribution is 5.96. The molecule has 1 spiro atoms. The number of hydrogen-bond acceptors (Lipinski definition) is 6. The van der Waals surface area contributed by atoms with Crippen molar-refractivity contribution >= 4 is 11.8 Å². The van der Waals surface area contributed by atoms with Crippen molar-refractivity contribution in [1.82, 2.24) is 20.5 Å². The van der Waals surface area contributed by atoms with Gasteiger partial charge in [0.25, 0.3) is 5.91 Å². The summed E-state index contributed by atoms with van der Waals surface area (Å²) in [6, 6.07) is 8.36. The molecule has 0 bridgehead atoms. The van der Waals surface area contributed by atoms with Gasteiger partial charge in [0.05, 0.1) is 24.8 Å². The van der Waals surface area contributed by atoms with E-state index in [0.29, 0.717) is 37.9 Å². The molecule has 2 heterocycles. The first kappa shape index (κ1) is 27.4. The molecule has 0 radical (unpaired) electrons. The van der Waals surface area contributed by atoms with Gasteiger partial charge in [-0.25, -0.2) is 4.98 Å². The quantitative estimate of drug-likeness (QED) is 0.493. The molecule has 5 rings (SSSR count). The van der Waals surface area contributed by atoms with Crippen LogP contribution in [0.1, 0.15) is 60.0 Å². The average Bonchev–Trinajstić information content (AvgIpc) is 3.40. The van der Waals surface area contributed by atoms with Crippen molar-refractivity contribution in [1.29, 1.82) is 0 Å². The number of aromatic nitrogens is 1. The van der Waals surface area contributed by atoms with E-state index in [4.69, 9.17) is 4.74 Å². The van der Waals surface area contributed by atoms with E-state index < -0.39 is 23.2 Å². The summed E-state index contributed by atoms with van der Waals surface area (Å²) in [6.07, 6.45) is 1.90. The Hall–Kier alpha value is -3.18. The van der Waals surface area contributed by atoms with Crippen LogP contribution in [0.2, 0.25) is 0 Å². The molecule has 0 unspecified atom stereocenters. The second kappa shape index (κ2) is 10.4. The number of aliphatic hydroxyl groups is 1. The SMILES string of the molecule is COc1ccc(C2(O)CCC(N[C@@H]3C[C@@]34CCN(C(=O)CNC(=O)c3cccc(C(F)(F)F)c3)C4)CC2)cn1. The smallest absolute Gasteiger partial charge is 0.416 e. The number of benzene rings is 1. The number of likely N-dealkylation sites (tertiary alicyclic amines) is 1. The number of nitrogens with one attached hydrogen (secondary N) is 2. The Kier molecular flexibility index (Phi) is 7.32. The van der Waals surface area contributed by atoms with Gasteiger partial charge in [-0.15, -0.1) is 0 Å². The molecule has 3 N–H and O–H groups in total. The zero-order valence-corrected chi connectivity index (χ0v) is 21.8. The van der Waals surface area contributed by atoms with Crippen molar-refractivity contribution in [2.45, 2.75) is 62.4 Å². The fourth-order valence-electron chi connectivity index (χ4n) is 5.96. The molecule has 2 atom stereocenters. The highest BCUT2D eigenvalue weighted by Crippen LogP contribution is 2.53. The van der Waals surface area contributed by atoms with Crippen LogP contribution in [0.3, 0.4) is 0 Å². The number of methoxy groups -OCH3 is 1. The van der Waals surface area contributed by atoms with E-state index in [1.165, 1.54) is 12.1 Å². The minimum Gasteiger partial charge on any atom is -0.481 e. The van der Waals surface area contributed by atoms with E-state index in [2.05, 4.69) is 15.6 Å². The molecule has 3 fully saturated rings. The molecule has 1 saturated heterocycles. The molecule has 2 aliphatic carbocycles. The maximum Gasteiger partial charge on any atom is 0.416 e. The van der Waals surface area contributed by atoms with E-state index in [-0.39, 0.29) is 29.5 Å². The van der Waals surface area contributed by atoms with Gasteiger partial charge < -0.3 is 25.4 Å². The summed E-state index contributed by atoms with van der Waals surface area (Å²) in [6.45, 7) is 0.924. The Balaban J connectivity index is 1.07. The summed E-state index contributed by atoms with van der Waals surface area (Å²) in [7, 11) is 1.56. The van der Waals surface area contributed by atoms with Gasteiger partial charge >= 0.3 is 6.18 Å². The van der Waals surface area contributed by atoms with Gasteiger partial charge in [-0.1, -0.05) is 6.07 Å². The van der Waals surface area contributed by atoms with Crippen molar-refractivity contribution in [2.24, 2.45) is 5.41 Å². The Morgan fingerprint density at radius 2 is 1.95 bits per heavy atom. The maximum absolute atomic E-state index is 12.9. The number of ether oxygens (including phenoxy) is 1. The van der Waals surface area contributed by atoms with Crippen LogP contribution in [-0.4, -0.2) is 65.6 Å². The van der Waals surface area contributed by atoms with Crippen molar-refractivity contribution in [2.75, 3.05) is 26.7 Å². The molecule has 210 valence electrons. The predicted octanol–water partition coefficient (Wildman–Crippen LogP) is 3.25. The predicted molar refractivity (Wildman–Crippen MR) is 136 cm³/mol. The fourth-order valence-corrected chi connectivity index (χ4v) is 5.96. The van der Waals surface area contributed by atoms with Crippen LogP contribution in [0.25, 0.3) is 0 Å². The van der Waals surface area contributed by atoms with E-state index in [1.807, 2.05) is 6.07 Å². The second-order valence-corrected chi connectivity index (χ2v) is 11.0. The zero-order chi connectivity index (χ0) is 27.8. The Morgan fingerprint density at radius 1 is 1.18 bits per heavy atom. The lowest BCUT2D eigenvalue weighted by Gasteiger charge is -2.37. The monoisotopic (exact) mass is 546 g/mol. The van der Waals surface area contributed by atoms with Crippen LogP contribution >= 0.6 is 0 Å². The lowest BCUT2D eigenvalue weighted by molar-refractivity contribution is -0.137. The highest BCUT2D eigenvalue weighted by Gasteiger charge is 2.58. The molecule has 1 aliphatic heterocycles. The molecular weight excluding hydrogens is 513 g/mol. The molecule has 1 aromatic heterocycles. The van der Waals surface area contributed by atoms with E-state index >= 15 is 0 Å². The summed E-state index contributed by atoms with van der Waals surface area (Å²) in [5.74, 6) is -0.440. The van der Waals surface area contributed by atoms with Gasteiger partial charge in [0.1, 0.15) is 0 Å². The van der Waals surface area contributed by atoms with Crippen LogP contribution in [0, 0.1) is 5.41 Å². The second-order valence-electron chi connectivity index (χ2n) is 11.0. The Morgan fingerprint density at radius 3 is 2.62 bits per heavy atom. The fraction of sp³-hybridized carbons (Fsp3) is 0.536. The largest absolute Gasteiger partial charge is 0.481 e. The number of carbonyl (C=O) groups is 2. The number of hydrogen-bond donors (Lipinski definition) is 3. The third-order valence-corrected chi connectivity index (χ3v) is 8.51. The minimum atomic E-state index is -4.54. The van der Waals surface area contributed by atoms with Crippen LogP contribution in [0.4, 0.5) is 13.2 Å².